The molecule has 2 aromatic carbocycles. The number of fused-ring (bicyclic) bond motifs is 1. The fourth-order valence-electron chi connectivity index (χ4n) is 5.40. The minimum absolute atomic E-state index is 0.165. The lowest BCUT2D eigenvalue weighted by Crippen LogP contribution is -2.52. The van der Waals surface area contributed by atoms with Gasteiger partial charge < -0.3 is 9.64 Å². The van der Waals surface area contributed by atoms with Crippen LogP contribution in [0.5, 0.6) is 5.75 Å². The van der Waals surface area contributed by atoms with Gasteiger partial charge in [0.25, 0.3) is 10.0 Å². The molecule has 186 valence electrons. The molecule has 35 heavy (non-hydrogen) atoms. The van der Waals surface area contributed by atoms with Crippen LogP contribution in [-0.2, 0) is 10.0 Å². The third kappa shape index (κ3) is 4.37. The van der Waals surface area contributed by atoms with Crippen LogP contribution in [0.3, 0.4) is 0 Å². The van der Waals surface area contributed by atoms with Crippen molar-refractivity contribution in [1.82, 2.24) is 9.88 Å². The summed E-state index contributed by atoms with van der Waals surface area (Å²) in [5.74, 6) is 0.279. The van der Waals surface area contributed by atoms with Crippen molar-refractivity contribution in [3.63, 3.8) is 0 Å². The Morgan fingerprint density at radius 1 is 1.31 bits per heavy atom. The third-order valence-electron chi connectivity index (χ3n) is 7.13. The van der Waals surface area contributed by atoms with Gasteiger partial charge in [-0.05, 0) is 43.0 Å². The Morgan fingerprint density at radius 2 is 2.09 bits per heavy atom. The summed E-state index contributed by atoms with van der Waals surface area (Å²) < 4.78 is 48.3. The van der Waals surface area contributed by atoms with Crippen molar-refractivity contribution in [1.29, 1.82) is 0 Å². The molecule has 0 saturated carbocycles. The molecule has 0 aliphatic carbocycles. The van der Waals surface area contributed by atoms with Crippen LogP contribution in [0.25, 0.3) is 0 Å². The number of anilines is 2. The van der Waals surface area contributed by atoms with E-state index in [0.29, 0.717) is 11.6 Å². The second kappa shape index (κ2) is 9.24. The van der Waals surface area contributed by atoms with Crippen molar-refractivity contribution in [2.24, 2.45) is 0 Å². The predicted octanol–water partition coefficient (Wildman–Crippen LogP) is 5.16. The first-order valence-electron chi connectivity index (χ1n) is 11.3. The Labute approximate surface area is 213 Å². The Hall–Kier alpha value is -2.40. The van der Waals surface area contributed by atoms with Crippen molar-refractivity contribution in [2.45, 2.75) is 35.7 Å². The van der Waals surface area contributed by atoms with Crippen molar-refractivity contribution in [3.8, 4) is 5.75 Å². The largest absolute Gasteiger partial charge is 0.497 e. The molecule has 2 aliphatic heterocycles. The average molecular weight is 537 g/mol. The summed E-state index contributed by atoms with van der Waals surface area (Å²) in [5.41, 5.74) is 1.39. The Kier molecular flexibility index (Phi) is 6.41. The molecule has 7 nitrogen and oxygen atoms in total. The third-order valence-corrected chi connectivity index (χ3v) is 9.60. The van der Waals surface area contributed by atoms with E-state index >= 15 is 4.39 Å². The molecule has 3 heterocycles. The summed E-state index contributed by atoms with van der Waals surface area (Å²) in [5, 5.41) is 1.98. The number of rotatable bonds is 7. The summed E-state index contributed by atoms with van der Waals surface area (Å²) in [4.78, 5) is 7.87. The molecule has 0 amide bonds. The SMILES string of the molecule is COc1ccc([C@@H]2CN3CCC[C@]3(N(C)c3cc(F)c(S(=O)(=O)Nc4nccs4)cc3Cl)C2)cc1. The molecule has 0 bridgehead atoms. The quantitative estimate of drug-likeness (QED) is 0.449. The van der Waals surface area contributed by atoms with E-state index in [2.05, 4.69) is 26.7 Å². The highest BCUT2D eigenvalue weighted by Crippen LogP contribution is 2.49. The lowest BCUT2D eigenvalue weighted by Gasteiger charge is -2.43. The van der Waals surface area contributed by atoms with Crippen LogP contribution in [0.2, 0.25) is 5.02 Å². The van der Waals surface area contributed by atoms with Gasteiger partial charge in [0.2, 0.25) is 0 Å². The number of aromatic nitrogens is 1. The Morgan fingerprint density at radius 3 is 2.77 bits per heavy atom. The van der Waals surface area contributed by atoms with Crippen LogP contribution < -0.4 is 14.4 Å². The number of methoxy groups -OCH3 is 1. The van der Waals surface area contributed by atoms with E-state index < -0.39 is 20.7 Å². The Bertz CT molecular complexity index is 1320. The van der Waals surface area contributed by atoms with Gasteiger partial charge in [-0.1, -0.05) is 23.7 Å². The van der Waals surface area contributed by atoms with E-state index in [9.17, 15) is 8.42 Å². The smallest absolute Gasteiger partial charge is 0.266 e. The van der Waals surface area contributed by atoms with E-state index in [-0.39, 0.29) is 15.8 Å². The van der Waals surface area contributed by atoms with Crippen molar-refractivity contribution in [2.75, 3.05) is 36.9 Å². The highest BCUT2D eigenvalue weighted by atomic mass is 35.5. The van der Waals surface area contributed by atoms with Gasteiger partial charge in [0, 0.05) is 43.7 Å². The zero-order valence-corrected chi connectivity index (χ0v) is 21.8. The van der Waals surface area contributed by atoms with Crippen LogP contribution >= 0.6 is 22.9 Å². The van der Waals surface area contributed by atoms with Crippen molar-refractivity contribution < 1.29 is 17.5 Å². The topological polar surface area (TPSA) is 74.8 Å². The van der Waals surface area contributed by atoms with E-state index in [4.69, 9.17) is 16.3 Å². The van der Waals surface area contributed by atoms with Gasteiger partial charge in [0.05, 0.1) is 23.5 Å². The van der Waals surface area contributed by atoms with Gasteiger partial charge in [-0.25, -0.2) is 17.8 Å². The lowest BCUT2D eigenvalue weighted by molar-refractivity contribution is 0.194. The minimum Gasteiger partial charge on any atom is -0.497 e. The molecule has 11 heteroatoms. The molecule has 0 radical (unpaired) electrons. The summed E-state index contributed by atoms with van der Waals surface area (Å²) in [6.45, 7) is 1.84. The monoisotopic (exact) mass is 536 g/mol. The normalized spacial score (nSPS) is 22.2. The zero-order chi connectivity index (χ0) is 24.8. The molecule has 2 saturated heterocycles. The molecule has 1 aromatic heterocycles. The van der Waals surface area contributed by atoms with Gasteiger partial charge in [0.15, 0.2) is 5.13 Å². The number of benzene rings is 2. The van der Waals surface area contributed by atoms with Crippen LogP contribution in [0, 0.1) is 5.82 Å². The van der Waals surface area contributed by atoms with Crippen LogP contribution in [0.4, 0.5) is 15.2 Å². The molecule has 0 unspecified atom stereocenters. The number of nitrogens with zero attached hydrogens (tertiary/aromatic N) is 3. The fourth-order valence-corrected chi connectivity index (χ4v) is 7.63. The number of thiazole rings is 1. The summed E-state index contributed by atoms with van der Waals surface area (Å²) >= 11 is 7.70. The number of ether oxygens (including phenoxy) is 1. The predicted molar refractivity (Wildman–Crippen MR) is 137 cm³/mol. The van der Waals surface area contributed by atoms with E-state index in [1.165, 1.54) is 23.9 Å². The summed E-state index contributed by atoms with van der Waals surface area (Å²) in [6, 6.07) is 10.6. The summed E-state index contributed by atoms with van der Waals surface area (Å²) in [7, 11) is -0.602. The summed E-state index contributed by atoms with van der Waals surface area (Å²) in [6.07, 6.45) is 4.28. The van der Waals surface area contributed by atoms with Crippen LogP contribution in [-0.4, -0.2) is 51.2 Å². The van der Waals surface area contributed by atoms with E-state index in [1.807, 2.05) is 24.1 Å². The van der Waals surface area contributed by atoms with Crippen LogP contribution in [0.15, 0.2) is 52.9 Å². The van der Waals surface area contributed by atoms with Gasteiger partial charge in [-0.15, -0.1) is 11.3 Å². The van der Waals surface area contributed by atoms with Gasteiger partial charge in [-0.3, -0.25) is 9.62 Å². The number of halogens is 2. The first-order chi connectivity index (χ1) is 16.7. The van der Waals surface area contributed by atoms with E-state index in [0.717, 1.165) is 49.4 Å². The minimum atomic E-state index is -4.17. The van der Waals surface area contributed by atoms with Gasteiger partial charge in [0.1, 0.15) is 16.5 Å². The van der Waals surface area contributed by atoms with Crippen molar-refractivity contribution >= 4 is 43.8 Å². The molecule has 5 rings (SSSR count). The molecular weight excluding hydrogens is 511 g/mol. The molecular formula is C24H26ClFN4O3S2. The maximum absolute atomic E-state index is 15.2. The molecule has 2 fully saturated rings. The highest BCUT2D eigenvalue weighted by molar-refractivity contribution is 7.93. The molecule has 2 aliphatic rings. The maximum Gasteiger partial charge on any atom is 0.266 e. The first-order valence-corrected chi connectivity index (χ1v) is 14.0. The number of hydrogen-bond donors (Lipinski definition) is 1. The molecule has 1 N–H and O–H groups in total. The maximum atomic E-state index is 15.2. The highest BCUT2D eigenvalue weighted by Gasteiger charge is 2.51. The average Bonchev–Trinajstić information content (AvgIpc) is 3.56. The van der Waals surface area contributed by atoms with E-state index in [1.54, 1.807) is 12.5 Å². The number of sulfonamides is 1. The Balaban J connectivity index is 1.44. The van der Waals surface area contributed by atoms with Crippen molar-refractivity contribution in [3.05, 3.63) is 64.4 Å². The number of hydrogen-bond acceptors (Lipinski definition) is 7. The fraction of sp³-hybridized carbons (Fsp3) is 0.375. The van der Waals surface area contributed by atoms with Gasteiger partial charge >= 0.3 is 0 Å². The zero-order valence-electron chi connectivity index (χ0n) is 19.4. The second-order valence-electron chi connectivity index (χ2n) is 8.94. The molecule has 3 aromatic rings. The van der Waals surface area contributed by atoms with Crippen LogP contribution in [0.1, 0.15) is 30.7 Å². The first kappa shape index (κ1) is 24.3. The van der Waals surface area contributed by atoms with Gasteiger partial charge in [-0.2, -0.15) is 0 Å². The lowest BCUT2D eigenvalue weighted by atomic mass is 9.91. The molecule has 2 atom stereocenters. The molecule has 0 spiro atoms. The number of nitrogens with one attached hydrogen (secondary N) is 1. The second-order valence-corrected chi connectivity index (χ2v) is 11.9. The standard InChI is InChI=1S/C24H26ClFN4O3S2/c1-29(21-13-20(26)22(12-19(21)25)35(31,32)28-23-27-9-11-34-23)24-8-3-10-30(24)15-17(14-24)16-4-6-18(33-2)7-5-16/h4-7,9,11-13,17H,3,8,10,14-15H2,1-2H3,(H,27,28)/t17-,24+/m0/s1.